The monoisotopic (exact) mass is 315 g/mol. The first-order chi connectivity index (χ1) is 11.1. The van der Waals surface area contributed by atoms with Crippen molar-refractivity contribution in [2.75, 3.05) is 6.79 Å². The second-order valence-electron chi connectivity index (χ2n) is 6.24. The molecule has 4 rings (SSSR count). The summed E-state index contributed by atoms with van der Waals surface area (Å²) in [5.74, 6) is -0.765. The SMILES string of the molecule is O=C(O)[C@@H]1[C@H](C(=O)NCc2ccc3c(c2)OCO3)[C@@H]2C=C[C@@H]1C2. The number of nitrogens with one attached hydrogen (secondary N) is 1. The maximum atomic E-state index is 12.5. The minimum Gasteiger partial charge on any atom is -0.481 e. The first kappa shape index (κ1) is 14.1. The van der Waals surface area contributed by atoms with E-state index in [1.54, 1.807) is 0 Å². The van der Waals surface area contributed by atoms with Crippen molar-refractivity contribution in [1.82, 2.24) is 5.32 Å². The summed E-state index contributed by atoms with van der Waals surface area (Å²) >= 11 is 0. The Bertz CT molecular complexity index is 698. The number of hydrogen-bond donors (Lipinski definition) is 2. The van der Waals surface area contributed by atoms with E-state index in [2.05, 4.69) is 5.32 Å². The molecule has 120 valence electrons. The third-order valence-corrected chi connectivity index (χ3v) is 4.95. The fraction of sp³-hybridized carbons (Fsp3) is 0.412. The normalized spacial score (nSPS) is 29.7. The number of rotatable bonds is 4. The van der Waals surface area contributed by atoms with Crippen LogP contribution in [0, 0.1) is 23.7 Å². The van der Waals surface area contributed by atoms with E-state index in [0.717, 1.165) is 12.0 Å². The first-order valence-corrected chi connectivity index (χ1v) is 7.71. The Morgan fingerprint density at radius 2 is 1.87 bits per heavy atom. The Labute approximate surface area is 133 Å². The van der Waals surface area contributed by atoms with Gasteiger partial charge in [-0.3, -0.25) is 9.59 Å². The van der Waals surface area contributed by atoms with Crippen molar-refractivity contribution in [2.45, 2.75) is 13.0 Å². The number of carboxylic acid groups (broad SMARTS) is 1. The van der Waals surface area contributed by atoms with Crippen LogP contribution in [0.1, 0.15) is 12.0 Å². The molecule has 2 bridgehead atoms. The molecule has 0 saturated heterocycles. The number of benzene rings is 1. The lowest BCUT2D eigenvalue weighted by molar-refractivity contribution is -0.147. The predicted molar refractivity (Wildman–Crippen MR) is 79.8 cm³/mol. The molecule has 6 nitrogen and oxygen atoms in total. The molecule has 4 atom stereocenters. The summed E-state index contributed by atoms with van der Waals surface area (Å²) in [4.78, 5) is 24.0. The van der Waals surface area contributed by atoms with Crippen LogP contribution >= 0.6 is 0 Å². The van der Waals surface area contributed by atoms with Gasteiger partial charge in [0.05, 0.1) is 11.8 Å². The average Bonchev–Trinajstić information content (AvgIpc) is 3.25. The number of ether oxygens (including phenoxy) is 2. The number of aliphatic carboxylic acids is 1. The third kappa shape index (κ3) is 2.34. The van der Waals surface area contributed by atoms with E-state index >= 15 is 0 Å². The highest BCUT2D eigenvalue weighted by Crippen LogP contribution is 2.48. The smallest absolute Gasteiger partial charge is 0.307 e. The molecular weight excluding hydrogens is 298 g/mol. The van der Waals surface area contributed by atoms with Gasteiger partial charge in [0, 0.05) is 6.54 Å². The number of allylic oxidation sites excluding steroid dienone is 2. The Balaban J connectivity index is 1.44. The van der Waals surface area contributed by atoms with E-state index in [1.807, 2.05) is 30.4 Å². The number of carbonyl (C=O) groups excluding carboxylic acids is 1. The number of hydrogen-bond acceptors (Lipinski definition) is 4. The van der Waals surface area contributed by atoms with E-state index in [1.165, 1.54) is 0 Å². The summed E-state index contributed by atoms with van der Waals surface area (Å²) in [6.07, 6.45) is 4.68. The largest absolute Gasteiger partial charge is 0.481 e. The van der Waals surface area contributed by atoms with E-state index in [9.17, 15) is 14.7 Å². The van der Waals surface area contributed by atoms with Gasteiger partial charge in [0.25, 0.3) is 0 Å². The molecular formula is C17H17NO5. The van der Waals surface area contributed by atoms with Crippen molar-refractivity contribution in [3.63, 3.8) is 0 Å². The maximum Gasteiger partial charge on any atom is 0.307 e. The molecule has 0 unspecified atom stereocenters. The van der Waals surface area contributed by atoms with Crippen molar-refractivity contribution >= 4 is 11.9 Å². The van der Waals surface area contributed by atoms with E-state index in [-0.39, 0.29) is 24.5 Å². The Kier molecular flexibility index (Phi) is 3.25. The van der Waals surface area contributed by atoms with Gasteiger partial charge in [0.15, 0.2) is 11.5 Å². The molecule has 2 N–H and O–H groups in total. The van der Waals surface area contributed by atoms with E-state index in [4.69, 9.17) is 9.47 Å². The van der Waals surface area contributed by atoms with Crippen molar-refractivity contribution in [1.29, 1.82) is 0 Å². The van der Waals surface area contributed by atoms with Crippen LogP contribution in [-0.2, 0) is 16.1 Å². The van der Waals surface area contributed by atoms with Crippen LogP contribution in [0.3, 0.4) is 0 Å². The van der Waals surface area contributed by atoms with Crippen molar-refractivity contribution in [3.8, 4) is 11.5 Å². The van der Waals surface area contributed by atoms with Crippen LogP contribution < -0.4 is 14.8 Å². The second-order valence-corrected chi connectivity index (χ2v) is 6.24. The van der Waals surface area contributed by atoms with E-state index < -0.39 is 17.8 Å². The molecule has 0 radical (unpaired) electrons. The molecule has 1 aliphatic heterocycles. The topological polar surface area (TPSA) is 84.9 Å². The zero-order valence-electron chi connectivity index (χ0n) is 12.4. The van der Waals surface area contributed by atoms with Crippen LogP contribution in [0.15, 0.2) is 30.4 Å². The molecule has 0 spiro atoms. The summed E-state index contributed by atoms with van der Waals surface area (Å²) < 4.78 is 10.6. The predicted octanol–water partition coefficient (Wildman–Crippen LogP) is 1.55. The number of amides is 1. The molecule has 1 aromatic rings. The highest BCUT2D eigenvalue weighted by atomic mass is 16.7. The molecule has 23 heavy (non-hydrogen) atoms. The summed E-state index contributed by atoms with van der Waals surface area (Å²) in [7, 11) is 0. The minimum absolute atomic E-state index is 0.0150. The highest BCUT2D eigenvalue weighted by molar-refractivity contribution is 5.86. The van der Waals surface area contributed by atoms with Gasteiger partial charge in [-0.25, -0.2) is 0 Å². The molecule has 3 aliphatic rings. The van der Waals surface area contributed by atoms with Crippen molar-refractivity contribution < 1.29 is 24.2 Å². The summed E-state index contributed by atoms with van der Waals surface area (Å²) in [5, 5.41) is 12.3. The van der Waals surface area contributed by atoms with Gasteiger partial charge >= 0.3 is 5.97 Å². The van der Waals surface area contributed by atoms with Crippen LogP contribution in [0.25, 0.3) is 0 Å². The number of fused-ring (bicyclic) bond motifs is 3. The molecule has 1 amide bonds. The van der Waals surface area contributed by atoms with Crippen LogP contribution in [-0.4, -0.2) is 23.8 Å². The lowest BCUT2D eigenvalue weighted by Gasteiger charge is -2.23. The molecule has 1 aromatic carbocycles. The zero-order valence-corrected chi connectivity index (χ0v) is 12.4. The molecule has 1 fully saturated rings. The summed E-state index contributed by atoms with van der Waals surface area (Å²) in [6, 6.07) is 5.51. The van der Waals surface area contributed by atoms with Gasteiger partial charge in [-0.15, -0.1) is 0 Å². The van der Waals surface area contributed by atoms with Crippen LogP contribution in [0.5, 0.6) is 11.5 Å². The summed E-state index contributed by atoms with van der Waals surface area (Å²) in [5.41, 5.74) is 0.896. The van der Waals surface area contributed by atoms with Gasteiger partial charge in [-0.1, -0.05) is 18.2 Å². The quantitative estimate of drug-likeness (QED) is 0.824. The molecule has 6 heteroatoms. The minimum atomic E-state index is -0.884. The summed E-state index contributed by atoms with van der Waals surface area (Å²) in [6.45, 7) is 0.558. The molecule has 0 aromatic heterocycles. The second kappa shape index (κ2) is 5.30. The van der Waals surface area contributed by atoms with Gasteiger partial charge < -0.3 is 19.9 Å². The maximum absolute atomic E-state index is 12.5. The van der Waals surface area contributed by atoms with Crippen LogP contribution in [0.4, 0.5) is 0 Å². The van der Waals surface area contributed by atoms with Crippen molar-refractivity contribution in [3.05, 3.63) is 35.9 Å². The zero-order chi connectivity index (χ0) is 16.0. The molecule has 1 saturated carbocycles. The lowest BCUT2D eigenvalue weighted by Crippen LogP contribution is -2.39. The average molecular weight is 315 g/mol. The lowest BCUT2D eigenvalue weighted by atomic mass is 9.82. The van der Waals surface area contributed by atoms with Crippen molar-refractivity contribution in [2.24, 2.45) is 23.7 Å². The Hall–Kier alpha value is -2.50. The van der Waals surface area contributed by atoms with Gasteiger partial charge in [-0.2, -0.15) is 0 Å². The first-order valence-electron chi connectivity index (χ1n) is 7.71. The standard InChI is InChI=1S/C17H17NO5/c19-16(14-10-2-3-11(6-10)15(14)17(20)21)18-7-9-1-4-12-13(5-9)23-8-22-12/h1-5,10-11,14-15H,6-8H2,(H,18,19)(H,20,21)/t10-,11-,14-,15+/m1/s1. The Morgan fingerprint density at radius 1 is 1.13 bits per heavy atom. The number of carbonyl (C=O) groups is 2. The molecule has 2 aliphatic carbocycles. The van der Waals surface area contributed by atoms with Gasteiger partial charge in [0.1, 0.15) is 0 Å². The third-order valence-electron chi connectivity index (χ3n) is 4.95. The fourth-order valence-electron chi connectivity index (χ4n) is 3.87. The van der Waals surface area contributed by atoms with Crippen LogP contribution in [0.2, 0.25) is 0 Å². The highest BCUT2D eigenvalue weighted by Gasteiger charge is 2.51. The number of carboxylic acids is 1. The van der Waals surface area contributed by atoms with E-state index in [0.29, 0.717) is 18.0 Å². The molecule has 1 heterocycles. The van der Waals surface area contributed by atoms with Gasteiger partial charge in [0.2, 0.25) is 12.7 Å². The fourth-order valence-corrected chi connectivity index (χ4v) is 3.87. The Morgan fingerprint density at radius 3 is 2.65 bits per heavy atom. The van der Waals surface area contributed by atoms with Gasteiger partial charge in [-0.05, 0) is 36.0 Å².